The minimum absolute atomic E-state index is 0.128. The van der Waals surface area contributed by atoms with Crippen LogP contribution < -0.4 is 5.32 Å². The molecule has 1 amide bonds. The number of nitrogens with one attached hydrogen (secondary N) is 1. The third kappa shape index (κ3) is 3.76. The SMILES string of the molecule is CC(NC(=O)CCn1cncn1)c1nc(-c2ccncc2)no1. The molecule has 9 nitrogen and oxygen atoms in total. The molecule has 1 atom stereocenters. The van der Waals surface area contributed by atoms with E-state index in [0.717, 1.165) is 5.56 Å². The predicted octanol–water partition coefficient (Wildman–Crippen LogP) is 0.991. The second-order valence-electron chi connectivity index (χ2n) is 4.89. The van der Waals surface area contributed by atoms with Crippen LogP contribution >= 0.6 is 0 Å². The van der Waals surface area contributed by atoms with Gasteiger partial charge in [-0.25, -0.2) is 4.98 Å². The maximum atomic E-state index is 11.9. The first-order valence-electron chi connectivity index (χ1n) is 7.08. The third-order valence-electron chi connectivity index (χ3n) is 3.16. The van der Waals surface area contributed by atoms with Crippen LogP contribution in [0.5, 0.6) is 0 Å². The zero-order valence-corrected chi connectivity index (χ0v) is 12.5. The Morgan fingerprint density at radius 2 is 2.17 bits per heavy atom. The van der Waals surface area contributed by atoms with Gasteiger partial charge < -0.3 is 9.84 Å². The molecule has 0 aliphatic heterocycles. The van der Waals surface area contributed by atoms with E-state index < -0.39 is 0 Å². The first-order valence-corrected chi connectivity index (χ1v) is 7.08. The number of amides is 1. The van der Waals surface area contributed by atoms with Crippen molar-refractivity contribution < 1.29 is 9.32 Å². The van der Waals surface area contributed by atoms with Crippen LogP contribution in [0.15, 0.2) is 41.7 Å². The molecule has 118 valence electrons. The summed E-state index contributed by atoms with van der Waals surface area (Å²) < 4.78 is 6.80. The standard InChI is InChI=1S/C14H15N7O2/c1-10(18-12(22)4-7-21-9-16-8-17-21)14-19-13(20-23-14)11-2-5-15-6-3-11/h2-3,5-6,8-10H,4,7H2,1H3,(H,18,22). The molecular formula is C14H15N7O2. The number of nitrogens with zero attached hydrogens (tertiary/aromatic N) is 6. The number of pyridine rings is 1. The molecule has 0 fully saturated rings. The molecule has 0 radical (unpaired) electrons. The van der Waals surface area contributed by atoms with Crippen LogP contribution in [0.1, 0.15) is 25.3 Å². The average Bonchev–Trinajstić information content (AvgIpc) is 3.25. The molecule has 0 spiro atoms. The molecule has 3 aromatic heterocycles. The molecule has 3 aromatic rings. The smallest absolute Gasteiger partial charge is 0.249 e. The monoisotopic (exact) mass is 313 g/mol. The van der Waals surface area contributed by atoms with Gasteiger partial charge in [0.2, 0.25) is 17.6 Å². The lowest BCUT2D eigenvalue weighted by atomic mass is 10.2. The second-order valence-corrected chi connectivity index (χ2v) is 4.89. The van der Waals surface area contributed by atoms with Crippen molar-refractivity contribution in [1.82, 2.24) is 35.2 Å². The van der Waals surface area contributed by atoms with Crippen LogP contribution in [-0.4, -0.2) is 35.8 Å². The number of aromatic nitrogens is 6. The lowest BCUT2D eigenvalue weighted by Gasteiger charge is -2.09. The highest BCUT2D eigenvalue weighted by molar-refractivity contribution is 5.76. The fraction of sp³-hybridized carbons (Fsp3) is 0.286. The Labute approximate surface area is 131 Å². The van der Waals surface area contributed by atoms with Crippen molar-refractivity contribution in [3.63, 3.8) is 0 Å². The molecule has 0 saturated carbocycles. The lowest BCUT2D eigenvalue weighted by Crippen LogP contribution is -2.27. The van der Waals surface area contributed by atoms with E-state index in [4.69, 9.17) is 4.52 Å². The van der Waals surface area contributed by atoms with Gasteiger partial charge in [0.25, 0.3) is 0 Å². The molecule has 9 heteroatoms. The molecule has 1 unspecified atom stereocenters. The summed E-state index contributed by atoms with van der Waals surface area (Å²) in [6, 6.07) is 3.20. The van der Waals surface area contributed by atoms with Gasteiger partial charge in [-0.3, -0.25) is 14.5 Å². The van der Waals surface area contributed by atoms with Gasteiger partial charge in [-0.1, -0.05) is 5.16 Å². The van der Waals surface area contributed by atoms with E-state index in [9.17, 15) is 4.79 Å². The van der Waals surface area contributed by atoms with Crippen LogP contribution in [0.25, 0.3) is 11.4 Å². The van der Waals surface area contributed by atoms with E-state index in [2.05, 4.69) is 30.5 Å². The van der Waals surface area contributed by atoms with Crippen molar-refractivity contribution in [2.75, 3.05) is 0 Å². The summed E-state index contributed by atoms with van der Waals surface area (Å²) in [5, 5.41) is 10.7. The minimum atomic E-state index is -0.374. The number of hydrogen-bond acceptors (Lipinski definition) is 7. The molecule has 1 N–H and O–H groups in total. The van der Waals surface area contributed by atoms with E-state index in [1.165, 1.54) is 6.33 Å². The maximum Gasteiger partial charge on any atom is 0.249 e. The van der Waals surface area contributed by atoms with Crippen molar-refractivity contribution in [2.45, 2.75) is 25.9 Å². The Morgan fingerprint density at radius 1 is 1.35 bits per heavy atom. The highest BCUT2D eigenvalue weighted by atomic mass is 16.5. The Kier molecular flexibility index (Phi) is 4.37. The van der Waals surface area contributed by atoms with Crippen molar-refractivity contribution in [1.29, 1.82) is 0 Å². The van der Waals surface area contributed by atoms with Crippen LogP contribution in [0, 0.1) is 0 Å². The van der Waals surface area contributed by atoms with Crippen LogP contribution in [0.4, 0.5) is 0 Å². The van der Waals surface area contributed by atoms with Crippen LogP contribution in [-0.2, 0) is 11.3 Å². The molecule has 0 bridgehead atoms. The van der Waals surface area contributed by atoms with Gasteiger partial charge in [0, 0.05) is 24.4 Å². The van der Waals surface area contributed by atoms with E-state index in [1.54, 1.807) is 42.5 Å². The molecule has 0 aliphatic carbocycles. The second kappa shape index (κ2) is 6.77. The summed E-state index contributed by atoms with van der Waals surface area (Å²) in [7, 11) is 0. The number of carbonyl (C=O) groups is 1. The zero-order valence-electron chi connectivity index (χ0n) is 12.5. The van der Waals surface area contributed by atoms with Crippen LogP contribution in [0.2, 0.25) is 0 Å². The summed E-state index contributed by atoms with van der Waals surface area (Å²) in [5.74, 6) is 0.689. The van der Waals surface area contributed by atoms with E-state index >= 15 is 0 Å². The van der Waals surface area contributed by atoms with E-state index in [-0.39, 0.29) is 11.9 Å². The Bertz CT molecular complexity index is 755. The molecule has 23 heavy (non-hydrogen) atoms. The molecule has 0 saturated heterocycles. The zero-order chi connectivity index (χ0) is 16.1. The summed E-state index contributed by atoms with van der Waals surface area (Å²) in [4.78, 5) is 24.0. The highest BCUT2D eigenvalue weighted by Crippen LogP contribution is 2.17. The van der Waals surface area contributed by atoms with Gasteiger partial charge in [0.05, 0.1) is 6.54 Å². The number of aryl methyl sites for hydroxylation is 1. The summed E-state index contributed by atoms with van der Waals surface area (Å²) in [6.45, 7) is 2.25. The molecule has 0 aliphatic rings. The lowest BCUT2D eigenvalue weighted by molar-refractivity contribution is -0.122. The fourth-order valence-electron chi connectivity index (χ4n) is 1.97. The van der Waals surface area contributed by atoms with Crippen molar-refractivity contribution >= 4 is 5.91 Å². The van der Waals surface area contributed by atoms with Crippen molar-refractivity contribution in [3.8, 4) is 11.4 Å². The largest absolute Gasteiger partial charge is 0.345 e. The Morgan fingerprint density at radius 3 is 2.91 bits per heavy atom. The van der Waals surface area contributed by atoms with Gasteiger partial charge in [-0.15, -0.1) is 0 Å². The van der Waals surface area contributed by atoms with Gasteiger partial charge in [0.15, 0.2) is 0 Å². The Hall–Kier alpha value is -3.10. The van der Waals surface area contributed by atoms with Crippen LogP contribution in [0.3, 0.4) is 0 Å². The van der Waals surface area contributed by atoms with E-state index in [1.807, 2.05) is 0 Å². The van der Waals surface area contributed by atoms with Gasteiger partial charge in [0.1, 0.15) is 18.7 Å². The van der Waals surface area contributed by atoms with Gasteiger partial charge >= 0.3 is 0 Å². The highest BCUT2D eigenvalue weighted by Gasteiger charge is 2.17. The summed E-state index contributed by atoms with van der Waals surface area (Å²) in [5.41, 5.74) is 0.805. The van der Waals surface area contributed by atoms with Gasteiger partial charge in [-0.2, -0.15) is 10.1 Å². The summed E-state index contributed by atoms with van der Waals surface area (Å²) >= 11 is 0. The maximum absolute atomic E-state index is 11.9. The summed E-state index contributed by atoms with van der Waals surface area (Å²) in [6.07, 6.45) is 6.59. The minimum Gasteiger partial charge on any atom is -0.345 e. The first-order chi connectivity index (χ1) is 11.2. The molecular weight excluding hydrogens is 298 g/mol. The topological polar surface area (TPSA) is 112 Å². The van der Waals surface area contributed by atoms with Crippen molar-refractivity contribution in [2.24, 2.45) is 0 Å². The number of carbonyl (C=O) groups excluding carboxylic acids is 1. The van der Waals surface area contributed by atoms with E-state index in [0.29, 0.717) is 24.7 Å². The number of hydrogen-bond donors (Lipinski definition) is 1. The quantitative estimate of drug-likeness (QED) is 0.722. The fourth-order valence-corrected chi connectivity index (χ4v) is 1.97. The Balaban J connectivity index is 1.57. The van der Waals surface area contributed by atoms with Gasteiger partial charge in [-0.05, 0) is 19.1 Å². The normalized spacial score (nSPS) is 12.0. The average molecular weight is 313 g/mol. The molecule has 0 aromatic carbocycles. The molecule has 3 rings (SSSR count). The predicted molar refractivity (Wildman–Crippen MR) is 78.7 cm³/mol. The third-order valence-corrected chi connectivity index (χ3v) is 3.16. The number of rotatable bonds is 6. The molecule has 3 heterocycles. The first kappa shape index (κ1) is 14.8. The van der Waals surface area contributed by atoms with Crippen molar-refractivity contribution in [3.05, 3.63) is 43.1 Å².